The Bertz CT molecular complexity index is 426. The average molecular weight is 249 g/mol. The molecule has 1 rings (SSSR count). The lowest BCUT2D eigenvalue weighted by Gasteiger charge is -2.14. The molecule has 0 amide bonds. The first-order chi connectivity index (χ1) is 8.04. The van der Waals surface area contributed by atoms with E-state index in [1.807, 2.05) is 12.1 Å². The maximum absolute atomic E-state index is 11.0. The van der Waals surface area contributed by atoms with Gasteiger partial charge in [0.15, 0.2) is 0 Å². The van der Waals surface area contributed by atoms with Gasteiger partial charge in [-0.3, -0.25) is 9.59 Å². The molecule has 0 atom stereocenters. The minimum Gasteiger partial charge on any atom is -0.480 e. The van der Waals surface area contributed by atoms with Crippen LogP contribution < -0.4 is 5.19 Å². The van der Waals surface area contributed by atoms with Crippen molar-refractivity contribution in [1.29, 1.82) is 0 Å². The molecular formula is C12H13O4Si. The molecule has 0 fully saturated rings. The number of hydrogen-bond donors (Lipinski definition) is 0. The normalized spacial score (nSPS) is 9.82. The topological polar surface area (TPSA) is 52.6 Å². The summed E-state index contributed by atoms with van der Waals surface area (Å²) in [5.74, 6) is -0.946. The molecule has 1 aromatic rings. The second kappa shape index (κ2) is 6.00. The van der Waals surface area contributed by atoms with E-state index in [1.54, 1.807) is 18.2 Å². The Kier molecular flexibility index (Phi) is 4.65. The van der Waals surface area contributed by atoms with Gasteiger partial charge in [0.25, 0.3) is 11.9 Å². The summed E-state index contributed by atoms with van der Waals surface area (Å²) >= 11 is 0. The summed E-state index contributed by atoms with van der Waals surface area (Å²) in [5, 5.41) is 0.693. The van der Waals surface area contributed by atoms with Gasteiger partial charge in [-0.15, -0.1) is 0 Å². The van der Waals surface area contributed by atoms with E-state index in [0.29, 0.717) is 5.19 Å². The van der Waals surface area contributed by atoms with Crippen LogP contribution >= 0.6 is 0 Å². The largest absolute Gasteiger partial charge is 0.576 e. The third-order valence-corrected chi connectivity index (χ3v) is 3.71. The highest BCUT2D eigenvalue weighted by Crippen LogP contribution is 2.03. The molecule has 0 aromatic heterocycles. The van der Waals surface area contributed by atoms with Gasteiger partial charge in [0.05, 0.1) is 0 Å². The fourth-order valence-corrected chi connectivity index (χ4v) is 2.69. The van der Waals surface area contributed by atoms with Gasteiger partial charge in [0.1, 0.15) is 0 Å². The lowest BCUT2D eigenvalue weighted by Crippen LogP contribution is -2.41. The Morgan fingerprint density at radius 1 is 1.18 bits per heavy atom. The van der Waals surface area contributed by atoms with E-state index in [9.17, 15) is 9.59 Å². The first-order valence-corrected chi connectivity index (χ1v) is 6.32. The standard InChI is InChI=1S/C12H13O4Si/c1-4-11-7-5-6-8-12(11)17(15-9(2)13)16-10(3)14/h4-8H,1H2,2-3H3. The van der Waals surface area contributed by atoms with Crippen molar-refractivity contribution in [2.75, 3.05) is 0 Å². The zero-order chi connectivity index (χ0) is 12.8. The molecule has 17 heavy (non-hydrogen) atoms. The van der Waals surface area contributed by atoms with Crippen molar-refractivity contribution in [3.63, 3.8) is 0 Å². The monoisotopic (exact) mass is 249 g/mol. The van der Waals surface area contributed by atoms with Crippen molar-refractivity contribution >= 4 is 32.5 Å². The summed E-state index contributed by atoms with van der Waals surface area (Å²) in [6, 6.07) is 7.21. The molecular weight excluding hydrogens is 236 g/mol. The molecule has 89 valence electrons. The van der Waals surface area contributed by atoms with E-state index in [0.717, 1.165) is 5.56 Å². The summed E-state index contributed by atoms with van der Waals surface area (Å²) in [4.78, 5) is 22.0. The smallest absolute Gasteiger partial charge is 0.480 e. The maximum atomic E-state index is 11.0. The second-order valence-corrected chi connectivity index (χ2v) is 4.79. The van der Waals surface area contributed by atoms with E-state index < -0.39 is 21.2 Å². The molecule has 0 saturated heterocycles. The van der Waals surface area contributed by atoms with E-state index in [4.69, 9.17) is 8.85 Å². The van der Waals surface area contributed by atoms with Crippen LogP contribution in [-0.2, 0) is 18.4 Å². The molecule has 0 aliphatic carbocycles. The lowest BCUT2D eigenvalue weighted by molar-refractivity contribution is -0.137. The molecule has 0 N–H and O–H groups in total. The van der Waals surface area contributed by atoms with Gasteiger partial charge < -0.3 is 8.85 Å². The Morgan fingerprint density at radius 2 is 1.71 bits per heavy atom. The van der Waals surface area contributed by atoms with Crippen molar-refractivity contribution in [2.24, 2.45) is 0 Å². The van der Waals surface area contributed by atoms with Crippen molar-refractivity contribution in [1.82, 2.24) is 0 Å². The van der Waals surface area contributed by atoms with Crippen LogP contribution in [0.15, 0.2) is 30.8 Å². The highest BCUT2D eigenvalue weighted by Gasteiger charge is 2.28. The van der Waals surface area contributed by atoms with E-state index in [2.05, 4.69) is 6.58 Å². The first kappa shape index (κ1) is 13.2. The Hall–Kier alpha value is -1.88. The zero-order valence-electron chi connectivity index (χ0n) is 9.73. The molecule has 5 heteroatoms. The van der Waals surface area contributed by atoms with Crippen LogP contribution in [0.25, 0.3) is 6.08 Å². The number of hydrogen-bond acceptors (Lipinski definition) is 4. The van der Waals surface area contributed by atoms with Crippen LogP contribution in [0.4, 0.5) is 0 Å². The maximum Gasteiger partial charge on any atom is 0.576 e. The van der Waals surface area contributed by atoms with Gasteiger partial charge in [-0.2, -0.15) is 0 Å². The van der Waals surface area contributed by atoms with Gasteiger partial charge in [0.2, 0.25) is 0 Å². The molecule has 0 heterocycles. The third-order valence-electron chi connectivity index (χ3n) is 1.87. The predicted molar refractivity (Wildman–Crippen MR) is 65.5 cm³/mol. The van der Waals surface area contributed by atoms with Gasteiger partial charge in [-0.1, -0.05) is 36.9 Å². The van der Waals surface area contributed by atoms with Crippen LogP contribution in [0.2, 0.25) is 0 Å². The highest BCUT2D eigenvalue weighted by molar-refractivity contribution is 6.65. The third kappa shape index (κ3) is 3.88. The molecule has 0 bridgehead atoms. The quantitative estimate of drug-likeness (QED) is 0.751. The summed E-state index contributed by atoms with van der Waals surface area (Å²) in [7, 11) is -2.13. The molecule has 0 unspecified atom stereocenters. The highest BCUT2D eigenvalue weighted by atomic mass is 28.3. The van der Waals surface area contributed by atoms with Gasteiger partial charge in [-0.05, 0) is 5.56 Å². The van der Waals surface area contributed by atoms with Crippen LogP contribution in [0, 0.1) is 0 Å². The molecule has 0 aliphatic rings. The molecule has 4 nitrogen and oxygen atoms in total. The van der Waals surface area contributed by atoms with Crippen LogP contribution in [0.5, 0.6) is 0 Å². The van der Waals surface area contributed by atoms with Crippen molar-refractivity contribution in [3.8, 4) is 0 Å². The molecule has 0 spiro atoms. The fraction of sp³-hybridized carbons (Fsp3) is 0.167. The molecule has 0 saturated carbocycles. The summed E-state index contributed by atoms with van der Waals surface area (Å²) in [5.41, 5.74) is 0.795. The average Bonchev–Trinajstić information content (AvgIpc) is 2.27. The predicted octanol–water partition coefficient (Wildman–Crippen LogP) is 1.15. The SMILES string of the molecule is C=Cc1ccccc1[Si](OC(C)=O)OC(C)=O. The Morgan fingerprint density at radius 3 is 2.18 bits per heavy atom. The molecule has 1 aromatic carbocycles. The van der Waals surface area contributed by atoms with E-state index >= 15 is 0 Å². The van der Waals surface area contributed by atoms with Crippen LogP contribution in [0.1, 0.15) is 19.4 Å². The Labute approximate surface area is 102 Å². The molecule has 0 aliphatic heterocycles. The summed E-state index contributed by atoms with van der Waals surface area (Å²) in [6.45, 7) is 6.23. The van der Waals surface area contributed by atoms with Gasteiger partial charge >= 0.3 is 9.28 Å². The van der Waals surface area contributed by atoms with Gasteiger partial charge in [0, 0.05) is 19.0 Å². The van der Waals surface area contributed by atoms with Crippen molar-refractivity contribution < 1.29 is 18.4 Å². The van der Waals surface area contributed by atoms with Crippen molar-refractivity contribution in [3.05, 3.63) is 36.4 Å². The lowest BCUT2D eigenvalue weighted by atomic mass is 10.2. The van der Waals surface area contributed by atoms with E-state index in [1.165, 1.54) is 13.8 Å². The number of carbonyl (C=O) groups excluding carboxylic acids is 2. The number of rotatable bonds is 4. The van der Waals surface area contributed by atoms with Gasteiger partial charge in [-0.25, -0.2) is 0 Å². The summed E-state index contributed by atoms with van der Waals surface area (Å²) in [6.07, 6.45) is 1.63. The Balaban J connectivity index is 3.06. The number of benzene rings is 1. The summed E-state index contributed by atoms with van der Waals surface area (Å²) < 4.78 is 10.1. The molecule has 1 radical (unpaired) electrons. The van der Waals surface area contributed by atoms with Crippen LogP contribution in [-0.4, -0.2) is 21.2 Å². The number of carbonyl (C=O) groups is 2. The van der Waals surface area contributed by atoms with Crippen LogP contribution in [0.3, 0.4) is 0 Å². The minimum atomic E-state index is -2.13. The second-order valence-electron chi connectivity index (χ2n) is 3.27. The minimum absolute atomic E-state index is 0.473. The zero-order valence-corrected chi connectivity index (χ0v) is 10.7. The fourth-order valence-electron chi connectivity index (χ4n) is 1.25. The first-order valence-electron chi connectivity index (χ1n) is 5.00. The van der Waals surface area contributed by atoms with Crippen molar-refractivity contribution in [2.45, 2.75) is 13.8 Å². The van der Waals surface area contributed by atoms with E-state index in [-0.39, 0.29) is 0 Å².